The zero-order valence-electron chi connectivity index (χ0n) is 16.1. The van der Waals surface area contributed by atoms with E-state index in [0.29, 0.717) is 6.61 Å². The standard InChI is InChI=1S/C22H28N2O3/c1-3-27-20-9-7-19(8-10-20)23-22(25)18-11-13-24(14-12-18)16-17-5-4-6-21(15-17)26-2/h4-10,15,18H,3,11-14,16H2,1-2H3,(H,23,25). The highest BCUT2D eigenvalue weighted by Gasteiger charge is 2.25. The van der Waals surface area contributed by atoms with Gasteiger partial charge in [0.25, 0.3) is 0 Å². The van der Waals surface area contributed by atoms with Crippen molar-refractivity contribution in [1.29, 1.82) is 0 Å². The number of nitrogens with one attached hydrogen (secondary N) is 1. The number of carbonyl (C=O) groups excluding carboxylic acids is 1. The van der Waals surface area contributed by atoms with Crippen LogP contribution in [-0.2, 0) is 11.3 Å². The molecule has 0 unspecified atom stereocenters. The second kappa shape index (κ2) is 9.42. The van der Waals surface area contributed by atoms with Crippen LogP contribution in [0.2, 0.25) is 0 Å². The fraction of sp³-hybridized carbons (Fsp3) is 0.409. The summed E-state index contributed by atoms with van der Waals surface area (Å²) in [7, 11) is 1.69. The largest absolute Gasteiger partial charge is 0.497 e. The van der Waals surface area contributed by atoms with Crippen molar-refractivity contribution in [3.63, 3.8) is 0 Å². The molecule has 1 fully saturated rings. The smallest absolute Gasteiger partial charge is 0.227 e. The molecule has 1 heterocycles. The van der Waals surface area contributed by atoms with Crippen molar-refractivity contribution < 1.29 is 14.3 Å². The topological polar surface area (TPSA) is 50.8 Å². The maximum atomic E-state index is 12.5. The number of amides is 1. The number of methoxy groups -OCH3 is 1. The van der Waals surface area contributed by atoms with Crippen molar-refractivity contribution in [3.05, 3.63) is 54.1 Å². The lowest BCUT2D eigenvalue weighted by Gasteiger charge is -2.31. The molecule has 1 aliphatic heterocycles. The van der Waals surface area contributed by atoms with Crippen LogP contribution in [0.1, 0.15) is 25.3 Å². The first-order valence-corrected chi connectivity index (χ1v) is 9.57. The second-order valence-electron chi connectivity index (χ2n) is 6.85. The molecule has 0 bridgehead atoms. The third-order valence-corrected chi connectivity index (χ3v) is 4.93. The summed E-state index contributed by atoms with van der Waals surface area (Å²) in [5.74, 6) is 1.89. The molecule has 0 atom stereocenters. The number of ether oxygens (including phenoxy) is 2. The van der Waals surface area contributed by atoms with Crippen LogP contribution in [0.25, 0.3) is 0 Å². The van der Waals surface area contributed by atoms with Crippen LogP contribution >= 0.6 is 0 Å². The SMILES string of the molecule is CCOc1ccc(NC(=O)C2CCN(Cc3cccc(OC)c3)CC2)cc1. The minimum Gasteiger partial charge on any atom is -0.497 e. The summed E-state index contributed by atoms with van der Waals surface area (Å²) >= 11 is 0. The summed E-state index contributed by atoms with van der Waals surface area (Å²) in [4.78, 5) is 14.9. The number of benzene rings is 2. The van der Waals surface area contributed by atoms with Gasteiger partial charge in [-0.25, -0.2) is 0 Å². The Morgan fingerprint density at radius 1 is 1.11 bits per heavy atom. The lowest BCUT2D eigenvalue weighted by Crippen LogP contribution is -2.37. The predicted molar refractivity (Wildman–Crippen MR) is 107 cm³/mol. The summed E-state index contributed by atoms with van der Waals surface area (Å²) in [6, 6.07) is 15.7. The van der Waals surface area contributed by atoms with E-state index >= 15 is 0 Å². The molecule has 5 heteroatoms. The minimum absolute atomic E-state index is 0.0677. The summed E-state index contributed by atoms with van der Waals surface area (Å²) in [6.45, 7) is 5.35. The monoisotopic (exact) mass is 368 g/mol. The summed E-state index contributed by atoms with van der Waals surface area (Å²) in [5.41, 5.74) is 2.06. The molecular formula is C22H28N2O3. The van der Waals surface area contributed by atoms with E-state index in [1.165, 1.54) is 5.56 Å². The van der Waals surface area contributed by atoms with Crippen LogP contribution in [0.4, 0.5) is 5.69 Å². The average molecular weight is 368 g/mol. The summed E-state index contributed by atoms with van der Waals surface area (Å²) in [6.07, 6.45) is 1.76. The molecule has 1 saturated heterocycles. The van der Waals surface area contributed by atoms with Gasteiger partial charge in [-0.3, -0.25) is 9.69 Å². The molecule has 1 N–H and O–H groups in total. The maximum Gasteiger partial charge on any atom is 0.227 e. The number of nitrogens with zero attached hydrogens (tertiary/aromatic N) is 1. The van der Waals surface area contributed by atoms with Crippen molar-refractivity contribution in [3.8, 4) is 11.5 Å². The number of carbonyl (C=O) groups is 1. The van der Waals surface area contributed by atoms with Crippen LogP contribution in [0, 0.1) is 5.92 Å². The number of hydrogen-bond acceptors (Lipinski definition) is 4. The Bertz CT molecular complexity index is 737. The molecule has 1 aliphatic rings. The number of anilines is 1. The molecule has 0 radical (unpaired) electrons. The van der Waals surface area contributed by atoms with Gasteiger partial charge in [-0.2, -0.15) is 0 Å². The van der Waals surface area contributed by atoms with E-state index in [2.05, 4.69) is 22.3 Å². The Kier molecular flexibility index (Phi) is 6.71. The van der Waals surface area contributed by atoms with E-state index in [1.54, 1.807) is 7.11 Å². The molecule has 3 rings (SSSR count). The maximum absolute atomic E-state index is 12.5. The van der Waals surface area contributed by atoms with Crippen molar-refractivity contribution >= 4 is 11.6 Å². The van der Waals surface area contributed by atoms with Crippen LogP contribution in [-0.4, -0.2) is 37.6 Å². The summed E-state index contributed by atoms with van der Waals surface area (Å²) in [5, 5.41) is 3.03. The molecule has 0 aliphatic carbocycles. The van der Waals surface area contributed by atoms with Crippen molar-refractivity contribution in [2.24, 2.45) is 5.92 Å². The molecule has 5 nitrogen and oxygen atoms in total. The Labute approximate surface area is 161 Å². The van der Waals surface area contributed by atoms with Gasteiger partial charge in [0.05, 0.1) is 13.7 Å². The van der Waals surface area contributed by atoms with Gasteiger partial charge < -0.3 is 14.8 Å². The molecule has 2 aromatic carbocycles. The molecule has 144 valence electrons. The first kappa shape index (κ1) is 19.2. The Hall–Kier alpha value is -2.53. The number of likely N-dealkylation sites (tertiary alicyclic amines) is 1. The van der Waals surface area contributed by atoms with E-state index in [9.17, 15) is 4.79 Å². The molecule has 2 aromatic rings. The van der Waals surface area contributed by atoms with E-state index < -0.39 is 0 Å². The quantitative estimate of drug-likeness (QED) is 0.804. The highest BCUT2D eigenvalue weighted by molar-refractivity contribution is 5.92. The van der Waals surface area contributed by atoms with Gasteiger partial charge in [0, 0.05) is 18.2 Å². The fourth-order valence-corrected chi connectivity index (χ4v) is 3.43. The van der Waals surface area contributed by atoms with Crippen molar-refractivity contribution in [2.75, 3.05) is 32.1 Å². The molecule has 0 aromatic heterocycles. The van der Waals surface area contributed by atoms with Gasteiger partial charge >= 0.3 is 0 Å². The Balaban J connectivity index is 1.47. The van der Waals surface area contributed by atoms with E-state index in [0.717, 1.165) is 49.7 Å². The van der Waals surface area contributed by atoms with Crippen molar-refractivity contribution in [1.82, 2.24) is 4.90 Å². The normalized spacial score (nSPS) is 15.3. The number of piperidine rings is 1. The van der Waals surface area contributed by atoms with Crippen LogP contribution in [0.3, 0.4) is 0 Å². The molecule has 1 amide bonds. The number of rotatable bonds is 7. The van der Waals surface area contributed by atoms with Gasteiger partial charge in [0.1, 0.15) is 11.5 Å². The van der Waals surface area contributed by atoms with E-state index in [1.807, 2.05) is 43.3 Å². The molecular weight excluding hydrogens is 340 g/mol. The van der Waals surface area contributed by atoms with Gasteiger partial charge in [-0.15, -0.1) is 0 Å². The zero-order chi connectivity index (χ0) is 19.1. The molecule has 27 heavy (non-hydrogen) atoms. The lowest BCUT2D eigenvalue weighted by molar-refractivity contribution is -0.121. The van der Waals surface area contributed by atoms with Gasteiger partial charge in [0.2, 0.25) is 5.91 Å². The lowest BCUT2D eigenvalue weighted by atomic mass is 9.95. The van der Waals surface area contributed by atoms with Gasteiger partial charge in [0.15, 0.2) is 0 Å². The third kappa shape index (κ3) is 5.47. The Morgan fingerprint density at radius 3 is 2.52 bits per heavy atom. The van der Waals surface area contributed by atoms with Gasteiger partial charge in [-0.1, -0.05) is 12.1 Å². The van der Waals surface area contributed by atoms with Crippen LogP contribution in [0.5, 0.6) is 11.5 Å². The zero-order valence-corrected chi connectivity index (χ0v) is 16.1. The first-order chi connectivity index (χ1) is 13.2. The molecule has 0 spiro atoms. The third-order valence-electron chi connectivity index (χ3n) is 4.93. The fourth-order valence-electron chi connectivity index (χ4n) is 3.43. The Morgan fingerprint density at radius 2 is 1.85 bits per heavy atom. The predicted octanol–water partition coefficient (Wildman–Crippen LogP) is 3.94. The van der Waals surface area contributed by atoms with E-state index in [-0.39, 0.29) is 11.8 Å². The average Bonchev–Trinajstić information content (AvgIpc) is 2.70. The highest BCUT2D eigenvalue weighted by atomic mass is 16.5. The van der Waals surface area contributed by atoms with E-state index in [4.69, 9.17) is 9.47 Å². The minimum atomic E-state index is 0.0677. The van der Waals surface area contributed by atoms with Crippen molar-refractivity contribution in [2.45, 2.75) is 26.3 Å². The van der Waals surface area contributed by atoms with Gasteiger partial charge in [-0.05, 0) is 74.8 Å². The van der Waals surface area contributed by atoms with Crippen LogP contribution < -0.4 is 14.8 Å². The summed E-state index contributed by atoms with van der Waals surface area (Å²) < 4.78 is 10.7. The number of hydrogen-bond donors (Lipinski definition) is 1. The molecule has 0 saturated carbocycles. The van der Waals surface area contributed by atoms with Crippen LogP contribution in [0.15, 0.2) is 48.5 Å². The highest BCUT2D eigenvalue weighted by Crippen LogP contribution is 2.23. The first-order valence-electron chi connectivity index (χ1n) is 9.57. The second-order valence-corrected chi connectivity index (χ2v) is 6.85.